The minimum Gasteiger partial charge on any atom is -0.372 e. The second-order valence-electron chi connectivity index (χ2n) is 4.67. The number of nitrogens with zero attached hydrogens (tertiary/aromatic N) is 1. The van der Waals surface area contributed by atoms with Crippen molar-refractivity contribution in [1.29, 1.82) is 5.26 Å². The minimum atomic E-state index is -0.855. The molecular weight excluding hydrogens is 216 g/mol. The Morgan fingerprint density at radius 2 is 2.12 bits per heavy atom. The molecule has 0 radical (unpaired) electrons. The van der Waals surface area contributed by atoms with Crippen molar-refractivity contribution >= 4 is 5.91 Å². The molecule has 1 aromatic carbocycles. The van der Waals surface area contributed by atoms with Gasteiger partial charge in [0.25, 0.3) is 5.91 Å². The zero-order valence-corrected chi connectivity index (χ0v) is 9.91. The molecular formula is C13H14N2O2. The molecule has 2 rings (SSSR count). The summed E-state index contributed by atoms with van der Waals surface area (Å²) in [6, 6.07) is 7.52. The SMILES string of the molecule is CC(C)(C#N)NC(=O)c1ccc2c(c1)COC2. The van der Waals surface area contributed by atoms with E-state index in [0.717, 1.165) is 11.1 Å². The van der Waals surface area contributed by atoms with Crippen molar-refractivity contribution in [3.8, 4) is 6.07 Å². The first kappa shape index (κ1) is 11.6. The second-order valence-corrected chi connectivity index (χ2v) is 4.67. The van der Waals surface area contributed by atoms with E-state index >= 15 is 0 Å². The maximum absolute atomic E-state index is 11.9. The molecule has 0 aromatic heterocycles. The van der Waals surface area contributed by atoms with Crippen molar-refractivity contribution in [3.05, 3.63) is 34.9 Å². The smallest absolute Gasteiger partial charge is 0.252 e. The van der Waals surface area contributed by atoms with E-state index in [4.69, 9.17) is 10.00 Å². The lowest BCUT2D eigenvalue weighted by Crippen LogP contribution is -2.42. The Kier molecular flexibility index (Phi) is 2.86. The standard InChI is InChI=1S/C13H14N2O2/c1-13(2,8-14)15-12(16)9-3-4-10-6-17-7-11(10)5-9/h3-5H,6-7H2,1-2H3,(H,15,16). The van der Waals surface area contributed by atoms with Gasteiger partial charge in [-0.3, -0.25) is 4.79 Å². The summed E-state index contributed by atoms with van der Waals surface area (Å²) in [5.41, 5.74) is 1.89. The van der Waals surface area contributed by atoms with Gasteiger partial charge in [0.2, 0.25) is 0 Å². The number of fused-ring (bicyclic) bond motifs is 1. The van der Waals surface area contributed by atoms with Crippen LogP contribution in [-0.2, 0) is 18.0 Å². The van der Waals surface area contributed by atoms with Crippen LogP contribution in [0.25, 0.3) is 0 Å². The predicted octanol–water partition coefficient (Wildman–Crippen LogP) is 1.75. The van der Waals surface area contributed by atoms with E-state index in [2.05, 4.69) is 5.32 Å². The molecule has 88 valence electrons. The molecule has 4 heteroatoms. The van der Waals surface area contributed by atoms with Gasteiger partial charge in [-0.25, -0.2) is 0 Å². The Balaban J connectivity index is 2.19. The average molecular weight is 230 g/mol. The molecule has 0 saturated carbocycles. The highest BCUT2D eigenvalue weighted by Gasteiger charge is 2.21. The summed E-state index contributed by atoms with van der Waals surface area (Å²) in [7, 11) is 0. The van der Waals surface area contributed by atoms with Crippen LogP contribution in [0.3, 0.4) is 0 Å². The van der Waals surface area contributed by atoms with E-state index in [1.54, 1.807) is 19.9 Å². The fourth-order valence-corrected chi connectivity index (χ4v) is 1.70. The maximum Gasteiger partial charge on any atom is 0.252 e. The first-order valence-electron chi connectivity index (χ1n) is 5.45. The summed E-state index contributed by atoms with van der Waals surface area (Å²) >= 11 is 0. The van der Waals surface area contributed by atoms with E-state index in [1.165, 1.54) is 0 Å². The van der Waals surface area contributed by atoms with Crippen molar-refractivity contribution in [2.75, 3.05) is 0 Å². The van der Waals surface area contributed by atoms with Gasteiger partial charge in [-0.1, -0.05) is 6.07 Å². The number of ether oxygens (including phenoxy) is 1. The number of rotatable bonds is 2. The molecule has 1 aromatic rings. The van der Waals surface area contributed by atoms with Crippen LogP contribution < -0.4 is 5.32 Å². The van der Waals surface area contributed by atoms with Crippen molar-refractivity contribution in [3.63, 3.8) is 0 Å². The second kappa shape index (κ2) is 4.19. The molecule has 1 aliphatic heterocycles. The molecule has 0 bridgehead atoms. The summed E-state index contributed by atoms with van der Waals surface area (Å²) in [5, 5.41) is 11.5. The Bertz CT molecular complexity index is 501. The Morgan fingerprint density at radius 1 is 1.41 bits per heavy atom. The van der Waals surface area contributed by atoms with Gasteiger partial charge in [0, 0.05) is 5.56 Å². The van der Waals surface area contributed by atoms with Gasteiger partial charge in [-0.15, -0.1) is 0 Å². The predicted molar refractivity (Wildman–Crippen MR) is 62.1 cm³/mol. The van der Waals surface area contributed by atoms with Gasteiger partial charge in [-0.2, -0.15) is 5.26 Å². The first-order chi connectivity index (χ1) is 8.02. The fourth-order valence-electron chi connectivity index (χ4n) is 1.70. The van der Waals surface area contributed by atoms with Gasteiger partial charge in [0.1, 0.15) is 5.54 Å². The van der Waals surface area contributed by atoms with Crippen LogP contribution in [0.5, 0.6) is 0 Å². The van der Waals surface area contributed by atoms with E-state index in [9.17, 15) is 4.79 Å². The normalized spacial score (nSPS) is 13.9. The third kappa shape index (κ3) is 2.45. The van der Waals surface area contributed by atoms with Gasteiger partial charge in [0.15, 0.2) is 0 Å². The molecule has 1 heterocycles. The zero-order valence-electron chi connectivity index (χ0n) is 9.91. The van der Waals surface area contributed by atoms with Crippen molar-refractivity contribution < 1.29 is 9.53 Å². The fraction of sp³-hybridized carbons (Fsp3) is 0.385. The maximum atomic E-state index is 11.9. The monoisotopic (exact) mass is 230 g/mol. The molecule has 0 aliphatic carbocycles. The number of hydrogen-bond donors (Lipinski definition) is 1. The lowest BCUT2D eigenvalue weighted by molar-refractivity contribution is 0.0929. The highest BCUT2D eigenvalue weighted by Crippen LogP contribution is 2.21. The summed E-state index contributed by atoms with van der Waals surface area (Å²) < 4.78 is 5.29. The topological polar surface area (TPSA) is 62.1 Å². The summed E-state index contributed by atoms with van der Waals surface area (Å²) in [5.74, 6) is -0.230. The van der Waals surface area contributed by atoms with Crippen LogP contribution in [0.15, 0.2) is 18.2 Å². The van der Waals surface area contributed by atoms with Crippen LogP contribution in [0.2, 0.25) is 0 Å². The van der Waals surface area contributed by atoms with E-state index < -0.39 is 5.54 Å². The third-order valence-corrected chi connectivity index (χ3v) is 2.69. The van der Waals surface area contributed by atoms with Crippen molar-refractivity contribution in [2.24, 2.45) is 0 Å². The number of carbonyl (C=O) groups excluding carboxylic acids is 1. The Hall–Kier alpha value is -1.86. The minimum absolute atomic E-state index is 0.230. The molecule has 0 saturated heterocycles. The molecule has 1 amide bonds. The highest BCUT2D eigenvalue weighted by molar-refractivity contribution is 5.95. The molecule has 1 aliphatic rings. The quantitative estimate of drug-likeness (QED) is 0.841. The van der Waals surface area contributed by atoms with Crippen LogP contribution >= 0.6 is 0 Å². The van der Waals surface area contributed by atoms with Crippen LogP contribution in [0.4, 0.5) is 0 Å². The summed E-state index contributed by atoms with van der Waals surface area (Å²) in [6.45, 7) is 4.50. The average Bonchev–Trinajstić information content (AvgIpc) is 2.75. The van der Waals surface area contributed by atoms with Crippen molar-refractivity contribution in [1.82, 2.24) is 5.32 Å². The molecule has 0 atom stereocenters. The van der Waals surface area contributed by atoms with Crippen LogP contribution in [-0.4, -0.2) is 11.4 Å². The van der Waals surface area contributed by atoms with Gasteiger partial charge in [-0.05, 0) is 37.1 Å². The summed E-state index contributed by atoms with van der Waals surface area (Å²) in [4.78, 5) is 11.9. The molecule has 0 unspecified atom stereocenters. The zero-order chi connectivity index (χ0) is 12.5. The van der Waals surface area contributed by atoms with Gasteiger partial charge >= 0.3 is 0 Å². The Labute approximate surface area is 100 Å². The largest absolute Gasteiger partial charge is 0.372 e. The number of nitrogens with one attached hydrogen (secondary N) is 1. The number of nitriles is 1. The van der Waals surface area contributed by atoms with E-state index in [-0.39, 0.29) is 5.91 Å². The van der Waals surface area contributed by atoms with Crippen LogP contribution in [0, 0.1) is 11.3 Å². The number of amides is 1. The number of benzene rings is 1. The van der Waals surface area contributed by atoms with E-state index in [0.29, 0.717) is 18.8 Å². The molecule has 0 spiro atoms. The molecule has 4 nitrogen and oxygen atoms in total. The highest BCUT2D eigenvalue weighted by atomic mass is 16.5. The summed E-state index contributed by atoms with van der Waals surface area (Å²) in [6.07, 6.45) is 0. The third-order valence-electron chi connectivity index (χ3n) is 2.69. The van der Waals surface area contributed by atoms with E-state index in [1.807, 2.05) is 18.2 Å². The molecule has 1 N–H and O–H groups in total. The number of carbonyl (C=O) groups is 1. The van der Waals surface area contributed by atoms with Gasteiger partial charge < -0.3 is 10.1 Å². The molecule has 17 heavy (non-hydrogen) atoms. The molecule has 0 fully saturated rings. The van der Waals surface area contributed by atoms with Crippen molar-refractivity contribution in [2.45, 2.75) is 32.6 Å². The van der Waals surface area contributed by atoms with Crippen LogP contribution in [0.1, 0.15) is 35.3 Å². The Morgan fingerprint density at radius 3 is 2.82 bits per heavy atom. The number of hydrogen-bond acceptors (Lipinski definition) is 3. The lowest BCUT2D eigenvalue weighted by Gasteiger charge is -2.17. The first-order valence-corrected chi connectivity index (χ1v) is 5.45. The lowest BCUT2D eigenvalue weighted by atomic mass is 10.0. The van der Waals surface area contributed by atoms with Gasteiger partial charge in [0.05, 0.1) is 19.3 Å².